The summed E-state index contributed by atoms with van der Waals surface area (Å²) in [6.45, 7) is 14.1. The third-order valence-corrected chi connectivity index (χ3v) is 8.66. The zero-order valence-electron chi connectivity index (χ0n) is 22.6. The second kappa shape index (κ2) is 12.4. The maximum atomic E-state index is 12.7. The number of hydrogen-bond acceptors (Lipinski definition) is 6. The van der Waals surface area contributed by atoms with Crippen LogP contribution in [0.3, 0.4) is 0 Å². The summed E-state index contributed by atoms with van der Waals surface area (Å²) in [5.74, 6) is -0.141. The third-order valence-electron chi connectivity index (χ3n) is 6.78. The van der Waals surface area contributed by atoms with Gasteiger partial charge in [-0.3, -0.25) is 4.79 Å². The molecule has 10 heteroatoms. The molecule has 0 saturated carbocycles. The minimum Gasteiger partial charge on any atom is -0.469 e. The minimum absolute atomic E-state index is 0.178. The van der Waals surface area contributed by atoms with Crippen LogP contribution in [0.1, 0.15) is 65.6 Å². The molecule has 198 valence electrons. The van der Waals surface area contributed by atoms with Gasteiger partial charge in [0.05, 0.1) is 25.1 Å². The first-order chi connectivity index (χ1) is 16.2. The van der Waals surface area contributed by atoms with Gasteiger partial charge in [0, 0.05) is 38.4 Å². The van der Waals surface area contributed by atoms with Gasteiger partial charge in [-0.05, 0) is 73.2 Å². The molecule has 1 aromatic heterocycles. The normalized spacial score (nSPS) is 20.3. The number of aromatic nitrogens is 2. The number of carbonyl (C=O) groups excluding carboxylic acids is 2. The molecule has 1 heterocycles. The van der Waals surface area contributed by atoms with Gasteiger partial charge in [0.2, 0.25) is 0 Å². The van der Waals surface area contributed by atoms with Gasteiger partial charge in [-0.25, -0.2) is 9.25 Å². The van der Waals surface area contributed by atoms with E-state index in [9.17, 15) is 9.59 Å². The lowest BCUT2D eigenvalue weighted by atomic mass is 9.62. The Morgan fingerprint density at radius 2 is 1.94 bits per heavy atom. The Hall–Kier alpha value is -1.19. The van der Waals surface area contributed by atoms with Gasteiger partial charge < -0.3 is 19.3 Å². The number of amides is 1. The molecule has 1 aliphatic rings. The molecule has 35 heavy (non-hydrogen) atoms. The Balaban J connectivity index is 2.23. The standard InChI is InChI=1S/C25H42IN4O4P/c1-10-19-13-17(14-20(22(31)33-9)25(19,5)6)21-18(16-30(27-21)35-26)15-28(7)11-12-29(8)23(32)34-24(2,3)4/h14,16,19-20,35H,10-13,15H2,1-9H3. The van der Waals surface area contributed by atoms with Gasteiger partial charge in [0.25, 0.3) is 0 Å². The van der Waals surface area contributed by atoms with Crippen molar-refractivity contribution in [2.75, 3.05) is 34.3 Å². The molecule has 1 aliphatic carbocycles. The summed E-state index contributed by atoms with van der Waals surface area (Å²) in [6.07, 6.45) is 6.22. The maximum absolute atomic E-state index is 12.7. The monoisotopic (exact) mass is 620 g/mol. The van der Waals surface area contributed by atoms with Crippen molar-refractivity contribution in [3.8, 4) is 0 Å². The summed E-state index contributed by atoms with van der Waals surface area (Å²) < 4.78 is 12.6. The number of allylic oxidation sites excluding steroid dienone is 1. The first-order valence-corrected chi connectivity index (χ1v) is 16.2. The summed E-state index contributed by atoms with van der Waals surface area (Å²) in [7, 11) is 5.26. The van der Waals surface area contributed by atoms with Crippen molar-refractivity contribution in [2.24, 2.45) is 17.3 Å². The van der Waals surface area contributed by atoms with E-state index in [-0.39, 0.29) is 23.4 Å². The SMILES string of the molecule is CCC1CC(c2nn(PI)cc2CN(C)CCN(C)C(=O)OC(C)(C)C)=CC(C(=O)OC)C1(C)C. The van der Waals surface area contributed by atoms with Crippen molar-refractivity contribution in [2.45, 2.75) is 66.5 Å². The van der Waals surface area contributed by atoms with Crippen molar-refractivity contribution < 1.29 is 19.1 Å². The fraction of sp³-hybridized carbons (Fsp3) is 0.720. The zero-order chi connectivity index (χ0) is 26.6. The molecule has 0 aliphatic heterocycles. The van der Waals surface area contributed by atoms with Crippen LogP contribution in [-0.4, -0.2) is 71.3 Å². The quantitative estimate of drug-likeness (QED) is 0.203. The van der Waals surface area contributed by atoms with Crippen molar-refractivity contribution in [3.63, 3.8) is 0 Å². The largest absolute Gasteiger partial charge is 0.469 e. The lowest BCUT2D eigenvalue weighted by molar-refractivity contribution is -0.148. The van der Waals surface area contributed by atoms with Crippen LogP contribution in [0.15, 0.2) is 12.3 Å². The molecular weight excluding hydrogens is 578 g/mol. The molecule has 1 aromatic rings. The predicted molar refractivity (Wildman–Crippen MR) is 151 cm³/mol. The molecule has 0 N–H and O–H groups in total. The second-order valence-electron chi connectivity index (χ2n) is 11.0. The van der Waals surface area contributed by atoms with Gasteiger partial charge in [0.15, 0.2) is 0 Å². The van der Waals surface area contributed by atoms with E-state index in [4.69, 9.17) is 14.6 Å². The molecule has 0 fully saturated rings. The predicted octanol–water partition coefficient (Wildman–Crippen LogP) is 5.60. The average Bonchev–Trinajstić information content (AvgIpc) is 3.18. The highest BCUT2D eigenvalue weighted by Crippen LogP contribution is 2.48. The maximum Gasteiger partial charge on any atom is 0.410 e. The molecule has 0 aromatic carbocycles. The summed E-state index contributed by atoms with van der Waals surface area (Å²) in [5.41, 5.74) is 2.52. The summed E-state index contributed by atoms with van der Waals surface area (Å²) in [6, 6.07) is 0. The van der Waals surface area contributed by atoms with Crippen LogP contribution in [-0.2, 0) is 20.8 Å². The zero-order valence-corrected chi connectivity index (χ0v) is 25.8. The number of rotatable bonds is 9. The Labute approximate surface area is 225 Å². The fourth-order valence-corrected chi connectivity index (χ4v) is 5.66. The number of esters is 1. The highest BCUT2D eigenvalue weighted by molar-refractivity contribution is 14.2. The van der Waals surface area contributed by atoms with Crippen molar-refractivity contribution >= 4 is 46.1 Å². The molecule has 0 bridgehead atoms. The molecule has 0 radical (unpaired) electrons. The van der Waals surface area contributed by atoms with E-state index in [0.29, 0.717) is 31.9 Å². The fourth-order valence-electron chi connectivity index (χ4n) is 4.57. The highest BCUT2D eigenvalue weighted by Gasteiger charge is 2.44. The van der Waals surface area contributed by atoms with E-state index in [1.807, 2.05) is 32.3 Å². The Morgan fingerprint density at radius 3 is 2.49 bits per heavy atom. The van der Waals surface area contributed by atoms with Crippen LogP contribution < -0.4 is 0 Å². The van der Waals surface area contributed by atoms with Crippen LogP contribution in [0, 0.1) is 17.3 Å². The third kappa shape index (κ3) is 7.89. The number of carbonyl (C=O) groups is 2. The van der Waals surface area contributed by atoms with Gasteiger partial charge >= 0.3 is 12.1 Å². The number of hydrogen-bond donors (Lipinski definition) is 0. The molecular formula is C25H42IN4O4P. The second-order valence-corrected chi connectivity index (χ2v) is 13.1. The van der Waals surface area contributed by atoms with Gasteiger partial charge in [-0.1, -0.05) is 33.3 Å². The highest BCUT2D eigenvalue weighted by atomic mass is 127. The smallest absolute Gasteiger partial charge is 0.410 e. The Morgan fingerprint density at radius 1 is 1.29 bits per heavy atom. The topological polar surface area (TPSA) is 76.9 Å². The van der Waals surface area contributed by atoms with E-state index in [2.05, 4.69) is 60.0 Å². The average molecular weight is 621 g/mol. The van der Waals surface area contributed by atoms with Gasteiger partial charge in [-0.2, -0.15) is 5.10 Å². The first kappa shape index (κ1) is 30.0. The van der Waals surface area contributed by atoms with Crippen LogP contribution in [0.2, 0.25) is 0 Å². The van der Waals surface area contributed by atoms with E-state index >= 15 is 0 Å². The molecule has 0 spiro atoms. The van der Waals surface area contributed by atoms with Crippen LogP contribution >= 0.6 is 28.4 Å². The minimum atomic E-state index is -0.512. The van der Waals surface area contributed by atoms with E-state index in [1.54, 1.807) is 11.9 Å². The Kier molecular flexibility index (Phi) is 10.6. The van der Waals surface area contributed by atoms with E-state index in [1.165, 1.54) is 7.11 Å². The van der Waals surface area contributed by atoms with E-state index in [0.717, 1.165) is 29.7 Å². The molecule has 0 saturated heterocycles. The van der Waals surface area contributed by atoms with Crippen LogP contribution in [0.5, 0.6) is 0 Å². The molecule has 2 rings (SSSR count). The van der Waals surface area contributed by atoms with Crippen LogP contribution in [0.25, 0.3) is 5.57 Å². The Bertz CT molecular complexity index is 925. The first-order valence-electron chi connectivity index (χ1n) is 12.1. The van der Waals surface area contributed by atoms with E-state index < -0.39 is 5.60 Å². The molecule has 1 amide bonds. The molecule has 3 atom stereocenters. The number of ether oxygens (including phenoxy) is 2. The summed E-state index contributed by atoms with van der Waals surface area (Å²) in [4.78, 5) is 28.8. The number of methoxy groups -OCH3 is 1. The van der Waals surface area contributed by atoms with Crippen molar-refractivity contribution in [1.82, 2.24) is 19.4 Å². The van der Waals surface area contributed by atoms with Gasteiger partial charge in [-0.15, -0.1) is 0 Å². The number of likely N-dealkylation sites (N-methyl/N-ethyl adjacent to an activating group) is 2. The molecule has 8 nitrogen and oxygen atoms in total. The van der Waals surface area contributed by atoms with Crippen LogP contribution in [0.4, 0.5) is 4.79 Å². The molecule has 3 unspecified atom stereocenters. The lowest BCUT2D eigenvalue weighted by Gasteiger charge is -2.42. The summed E-state index contributed by atoms with van der Waals surface area (Å²) >= 11 is 2.33. The summed E-state index contributed by atoms with van der Waals surface area (Å²) in [5, 5.41) is 4.90. The number of halogens is 1. The van der Waals surface area contributed by atoms with Crippen molar-refractivity contribution in [3.05, 3.63) is 23.5 Å². The lowest BCUT2D eigenvalue weighted by Crippen LogP contribution is -2.40. The number of nitrogens with zero attached hydrogens (tertiary/aromatic N) is 4. The van der Waals surface area contributed by atoms with Gasteiger partial charge in [0.1, 0.15) is 5.60 Å². The van der Waals surface area contributed by atoms with Crippen molar-refractivity contribution in [1.29, 1.82) is 0 Å².